The molecule has 0 aliphatic rings. The summed E-state index contributed by atoms with van der Waals surface area (Å²) in [6.07, 6.45) is 0.569. The Balaban J connectivity index is 3.67. The Morgan fingerprint density at radius 3 is 2.62 bits per heavy atom. The van der Waals surface area contributed by atoms with Crippen molar-refractivity contribution in [3.05, 3.63) is 0 Å². The van der Waals surface area contributed by atoms with Crippen molar-refractivity contribution < 1.29 is 9.53 Å². The number of carbonyl (C=O) groups is 1. The van der Waals surface area contributed by atoms with Crippen molar-refractivity contribution in [1.29, 1.82) is 0 Å². The smallest absolute Gasteiger partial charge is 0.223 e. The van der Waals surface area contributed by atoms with E-state index >= 15 is 0 Å². The summed E-state index contributed by atoms with van der Waals surface area (Å²) >= 11 is 3.25. The Morgan fingerprint density at radius 2 is 2.15 bits per heavy atom. The number of halogens is 1. The summed E-state index contributed by atoms with van der Waals surface area (Å²) < 4.78 is 5.19. The second-order valence-corrected chi connectivity index (χ2v) is 3.40. The summed E-state index contributed by atoms with van der Waals surface area (Å²) in [4.78, 5) is 13.2. The minimum absolute atomic E-state index is 0.194. The van der Waals surface area contributed by atoms with Crippen molar-refractivity contribution in [2.75, 3.05) is 31.6 Å². The summed E-state index contributed by atoms with van der Waals surface area (Å²) in [6.45, 7) is 6.76. The first-order valence-electron chi connectivity index (χ1n) is 4.67. The van der Waals surface area contributed by atoms with Crippen LogP contribution in [-0.4, -0.2) is 42.4 Å². The molecule has 13 heavy (non-hydrogen) atoms. The van der Waals surface area contributed by atoms with E-state index in [0.717, 1.165) is 11.9 Å². The third-order valence-electron chi connectivity index (χ3n) is 1.75. The Labute approximate surface area is 88.6 Å². The lowest BCUT2D eigenvalue weighted by Gasteiger charge is -2.20. The summed E-state index contributed by atoms with van der Waals surface area (Å²) in [5.74, 6) is 0.194. The molecule has 4 heteroatoms. The van der Waals surface area contributed by atoms with Gasteiger partial charge in [-0.25, -0.2) is 0 Å². The maximum atomic E-state index is 11.4. The summed E-state index contributed by atoms with van der Waals surface area (Å²) in [7, 11) is 0. The van der Waals surface area contributed by atoms with Crippen LogP contribution in [0.5, 0.6) is 0 Å². The average Bonchev–Trinajstić information content (AvgIpc) is 2.13. The van der Waals surface area contributed by atoms with Crippen LogP contribution in [-0.2, 0) is 9.53 Å². The predicted molar refractivity (Wildman–Crippen MR) is 57.2 cm³/mol. The highest BCUT2D eigenvalue weighted by atomic mass is 79.9. The van der Waals surface area contributed by atoms with Crippen LogP contribution in [0.25, 0.3) is 0 Å². The molecule has 0 unspecified atom stereocenters. The number of carbonyl (C=O) groups excluding carboxylic acids is 1. The number of likely N-dealkylation sites (N-methyl/N-ethyl adjacent to an activating group) is 1. The topological polar surface area (TPSA) is 29.5 Å². The van der Waals surface area contributed by atoms with Gasteiger partial charge in [0.2, 0.25) is 5.91 Å². The molecule has 0 aromatic carbocycles. The maximum absolute atomic E-state index is 11.4. The molecule has 0 rings (SSSR count). The van der Waals surface area contributed by atoms with Gasteiger partial charge in [-0.15, -0.1) is 0 Å². The molecular weight excluding hydrogens is 234 g/mol. The third-order valence-corrected chi connectivity index (χ3v) is 2.15. The molecule has 78 valence electrons. The van der Waals surface area contributed by atoms with E-state index in [1.54, 1.807) is 0 Å². The molecule has 0 atom stereocenters. The molecule has 0 aliphatic carbocycles. The number of hydrogen-bond donors (Lipinski definition) is 0. The number of nitrogens with zero attached hydrogens (tertiary/aromatic N) is 1. The van der Waals surface area contributed by atoms with Gasteiger partial charge in [-0.05, 0) is 13.8 Å². The lowest BCUT2D eigenvalue weighted by Crippen LogP contribution is -2.33. The number of ether oxygens (including phenoxy) is 1. The number of alkyl halides is 1. The van der Waals surface area contributed by atoms with E-state index in [0.29, 0.717) is 26.2 Å². The molecule has 1 amide bonds. The summed E-state index contributed by atoms with van der Waals surface area (Å²) in [5.41, 5.74) is 0. The first-order chi connectivity index (χ1) is 6.26. The highest BCUT2D eigenvalue weighted by molar-refractivity contribution is 9.09. The van der Waals surface area contributed by atoms with Gasteiger partial charge in [0, 0.05) is 31.4 Å². The van der Waals surface area contributed by atoms with Crippen molar-refractivity contribution in [3.63, 3.8) is 0 Å². The van der Waals surface area contributed by atoms with Crippen molar-refractivity contribution in [2.24, 2.45) is 0 Å². The molecule has 0 saturated heterocycles. The van der Waals surface area contributed by atoms with Gasteiger partial charge in [-0.3, -0.25) is 4.79 Å². The molecule has 3 nitrogen and oxygen atoms in total. The highest BCUT2D eigenvalue weighted by Crippen LogP contribution is 1.97. The zero-order valence-electron chi connectivity index (χ0n) is 8.38. The van der Waals surface area contributed by atoms with Gasteiger partial charge in [-0.1, -0.05) is 15.9 Å². The lowest BCUT2D eigenvalue weighted by atomic mass is 10.4. The van der Waals surface area contributed by atoms with E-state index in [9.17, 15) is 4.79 Å². The average molecular weight is 252 g/mol. The minimum atomic E-state index is 0.194. The van der Waals surface area contributed by atoms with E-state index < -0.39 is 0 Å². The lowest BCUT2D eigenvalue weighted by molar-refractivity contribution is -0.131. The van der Waals surface area contributed by atoms with Crippen LogP contribution in [0.1, 0.15) is 20.3 Å². The molecule has 0 aromatic rings. The zero-order valence-corrected chi connectivity index (χ0v) is 9.97. The SMILES string of the molecule is CCOCCN(CC)C(=O)CCBr. The van der Waals surface area contributed by atoms with Crippen molar-refractivity contribution >= 4 is 21.8 Å². The highest BCUT2D eigenvalue weighted by Gasteiger charge is 2.09. The van der Waals surface area contributed by atoms with Crippen molar-refractivity contribution in [1.82, 2.24) is 4.90 Å². The Bertz CT molecular complexity index is 142. The fraction of sp³-hybridized carbons (Fsp3) is 0.889. The Kier molecular flexibility index (Phi) is 8.45. The molecule has 0 radical (unpaired) electrons. The van der Waals surface area contributed by atoms with Gasteiger partial charge >= 0.3 is 0 Å². The molecule has 0 bridgehead atoms. The van der Waals surface area contributed by atoms with Gasteiger partial charge < -0.3 is 9.64 Å². The first kappa shape index (κ1) is 12.9. The van der Waals surface area contributed by atoms with E-state index in [-0.39, 0.29) is 5.91 Å². The van der Waals surface area contributed by atoms with Crippen molar-refractivity contribution in [3.8, 4) is 0 Å². The first-order valence-corrected chi connectivity index (χ1v) is 5.79. The predicted octanol–water partition coefficient (Wildman–Crippen LogP) is 1.66. The molecule has 0 heterocycles. The van der Waals surface area contributed by atoms with Crippen LogP contribution in [0.3, 0.4) is 0 Å². The quantitative estimate of drug-likeness (QED) is 0.509. The number of hydrogen-bond acceptors (Lipinski definition) is 2. The largest absolute Gasteiger partial charge is 0.380 e. The van der Waals surface area contributed by atoms with Gasteiger partial charge in [0.05, 0.1) is 6.61 Å². The van der Waals surface area contributed by atoms with Crippen molar-refractivity contribution in [2.45, 2.75) is 20.3 Å². The van der Waals surface area contributed by atoms with Crippen LogP contribution in [0.15, 0.2) is 0 Å². The second kappa shape index (κ2) is 8.51. The van der Waals surface area contributed by atoms with E-state index in [4.69, 9.17) is 4.74 Å². The summed E-state index contributed by atoms with van der Waals surface area (Å²) in [6, 6.07) is 0. The van der Waals surface area contributed by atoms with Gasteiger partial charge in [0.15, 0.2) is 0 Å². The molecular formula is C9H18BrNO2. The monoisotopic (exact) mass is 251 g/mol. The fourth-order valence-electron chi connectivity index (χ4n) is 1.02. The van der Waals surface area contributed by atoms with E-state index in [1.165, 1.54) is 0 Å². The van der Waals surface area contributed by atoms with Gasteiger partial charge in [0.1, 0.15) is 0 Å². The molecule has 0 spiro atoms. The Morgan fingerprint density at radius 1 is 1.46 bits per heavy atom. The number of rotatable bonds is 7. The molecule has 0 aromatic heterocycles. The second-order valence-electron chi connectivity index (χ2n) is 2.61. The maximum Gasteiger partial charge on any atom is 0.223 e. The normalized spacial score (nSPS) is 10.1. The standard InChI is InChI=1S/C9H18BrNO2/c1-3-11(7-8-13-4-2)9(12)5-6-10/h3-8H2,1-2H3. The molecule has 0 fully saturated rings. The summed E-state index contributed by atoms with van der Waals surface area (Å²) in [5, 5.41) is 0.733. The van der Waals surface area contributed by atoms with Crippen LogP contribution < -0.4 is 0 Å². The Hall–Kier alpha value is -0.0900. The van der Waals surface area contributed by atoms with Crippen LogP contribution in [0, 0.1) is 0 Å². The molecule has 0 N–H and O–H groups in total. The fourth-order valence-corrected chi connectivity index (χ4v) is 1.36. The van der Waals surface area contributed by atoms with Crippen LogP contribution in [0.4, 0.5) is 0 Å². The minimum Gasteiger partial charge on any atom is -0.380 e. The molecule has 0 saturated carbocycles. The van der Waals surface area contributed by atoms with Gasteiger partial charge in [-0.2, -0.15) is 0 Å². The number of amides is 1. The zero-order chi connectivity index (χ0) is 10.1. The van der Waals surface area contributed by atoms with E-state index in [1.807, 2.05) is 18.7 Å². The van der Waals surface area contributed by atoms with E-state index in [2.05, 4.69) is 15.9 Å². The van der Waals surface area contributed by atoms with Crippen LogP contribution >= 0.6 is 15.9 Å². The third kappa shape index (κ3) is 6.05. The molecule has 0 aliphatic heterocycles. The van der Waals surface area contributed by atoms with Gasteiger partial charge in [0.25, 0.3) is 0 Å². The van der Waals surface area contributed by atoms with Crippen LogP contribution in [0.2, 0.25) is 0 Å².